The summed E-state index contributed by atoms with van der Waals surface area (Å²) in [5.41, 5.74) is 0.753. The molecule has 0 spiro atoms. The molecule has 2 unspecified atom stereocenters. The van der Waals surface area contributed by atoms with Gasteiger partial charge in [-0.25, -0.2) is 0 Å². The zero-order chi connectivity index (χ0) is 7.98. The molecule has 0 saturated carbocycles. The standard InChI is InChI=1S/C7H17PS2/c1-3-5-6-7(4-2)8(9)10/h7-8H,3-6H2,1-2H3,(H,9,10). The van der Waals surface area contributed by atoms with Crippen molar-refractivity contribution < 1.29 is 0 Å². The first kappa shape index (κ1) is 11.0. The minimum Gasteiger partial charge on any atom is -0.144 e. The van der Waals surface area contributed by atoms with Crippen molar-refractivity contribution in [3.05, 3.63) is 0 Å². The Hall–Kier alpha value is 1.00. The monoisotopic (exact) mass is 196 g/mol. The van der Waals surface area contributed by atoms with Crippen molar-refractivity contribution in [3.63, 3.8) is 0 Å². The topological polar surface area (TPSA) is 0 Å². The fourth-order valence-electron chi connectivity index (χ4n) is 0.953. The number of hydrogen-bond acceptors (Lipinski definition) is 1. The summed E-state index contributed by atoms with van der Waals surface area (Å²) in [6, 6.07) is 0. The van der Waals surface area contributed by atoms with Crippen molar-refractivity contribution in [2.24, 2.45) is 0 Å². The molecule has 10 heavy (non-hydrogen) atoms. The number of hydrogen-bond donors (Lipinski definition) is 1. The molecule has 0 amide bonds. The molecule has 0 bridgehead atoms. The fourth-order valence-corrected chi connectivity index (χ4v) is 3.54. The highest BCUT2D eigenvalue weighted by molar-refractivity contribution is 8.56. The Labute approximate surface area is 75.4 Å². The van der Waals surface area contributed by atoms with Crippen molar-refractivity contribution in [1.82, 2.24) is 0 Å². The number of unbranched alkanes of at least 4 members (excludes halogenated alkanes) is 1. The lowest BCUT2D eigenvalue weighted by Gasteiger charge is -2.11. The van der Waals surface area contributed by atoms with E-state index in [1.54, 1.807) is 0 Å². The predicted octanol–water partition coefficient (Wildman–Crippen LogP) is 3.48. The van der Waals surface area contributed by atoms with Gasteiger partial charge in [0.25, 0.3) is 0 Å². The lowest BCUT2D eigenvalue weighted by molar-refractivity contribution is 0.669. The van der Waals surface area contributed by atoms with E-state index in [0.29, 0.717) is 0 Å². The van der Waals surface area contributed by atoms with Gasteiger partial charge in [-0.3, -0.25) is 0 Å². The first-order valence-corrected chi connectivity index (χ1v) is 7.95. The Morgan fingerprint density at radius 3 is 2.40 bits per heavy atom. The fraction of sp³-hybridized carbons (Fsp3) is 1.00. The van der Waals surface area contributed by atoms with Crippen LogP contribution < -0.4 is 0 Å². The van der Waals surface area contributed by atoms with Gasteiger partial charge in [0.15, 0.2) is 0 Å². The molecule has 2 atom stereocenters. The van der Waals surface area contributed by atoms with E-state index in [4.69, 9.17) is 11.8 Å². The average molecular weight is 196 g/mol. The second-order valence-corrected chi connectivity index (χ2v) is 7.75. The molecular formula is C7H17PS2. The minimum atomic E-state index is -0.719. The average Bonchev–Trinajstić information content (AvgIpc) is 1.89. The molecule has 0 rings (SSSR count). The van der Waals surface area contributed by atoms with Gasteiger partial charge in [0.2, 0.25) is 0 Å². The van der Waals surface area contributed by atoms with E-state index in [0.717, 1.165) is 5.66 Å². The van der Waals surface area contributed by atoms with Crippen LogP contribution in [0.4, 0.5) is 0 Å². The van der Waals surface area contributed by atoms with Crippen molar-refractivity contribution in [2.75, 3.05) is 0 Å². The van der Waals surface area contributed by atoms with Crippen LogP contribution in [0, 0.1) is 0 Å². The van der Waals surface area contributed by atoms with E-state index >= 15 is 0 Å². The van der Waals surface area contributed by atoms with Crippen LogP contribution in [0.25, 0.3) is 0 Å². The Morgan fingerprint density at radius 1 is 1.50 bits per heavy atom. The third kappa shape index (κ3) is 4.76. The quantitative estimate of drug-likeness (QED) is 0.519. The Morgan fingerprint density at radius 2 is 2.10 bits per heavy atom. The molecule has 0 fully saturated rings. The maximum atomic E-state index is 5.18. The molecule has 0 aromatic heterocycles. The Balaban J connectivity index is 3.50. The first-order valence-electron chi connectivity index (χ1n) is 3.95. The molecule has 0 radical (unpaired) electrons. The zero-order valence-corrected chi connectivity index (χ0v) is 9.47. The van der Waals surface area contributed by atoms with Gasteiger partial charge in [0.05, 0.1) is 0 Å². The molecule has 0 aromatic rings. The van der Waals surface area contributed by atoms with E-state index in [9.17, 15) is 0 Å². The van der Waals surface area contributed by atoms with E-state index in [1.165, 1.54) is 25.7 Å². The molecule has 0 aliphatic carbocycles. The SMILES string of the molecule is CCCCC(CC)[PH](=S)S. The number of rotatable bonds is 5. The highest BCUT2D eigenvalue weighted by Crippen LogP contribution is 2.37. The Kier molecular flexibility index (Phi) is 7.36. The maximum Gasteiger partial charge on any atom is -0.00568 e. The number of thiol groups is 1. The van der Waals surface area contributed by atoms with Crippen molar-refractivity contribution in [1.29, 1.82) is 0 Å². The molecule has 62 valence electrons. The molecule has 0 aliphatic rings. The molecule has 0 heterocycles. The molecule has 0 aromatic carbocycles. The van der Waals surface area contributed by atoms with Crippen LogP contribution in [-0.2, 0) is 11.8 Å². The third-order valence-electron chi connectivity index (χ3n) is 1.75. The normalized spacial score (nSPS) is 16.7. The summed E-state index contributed by atoms with van der Waals surface area (Å²) in [5, 5.41) is 0. The zero-order valence-electron chi connectivity index (χ0n) is 6.76. The van der Waals surface area contributed by atoms with Gasteiger partial charge >= 0.3 is 0 Å². The second-order valence-electron chi connectivity index (χ2n) is 2.59. The highest BCUT2D eigenvalue weighted by atomic mass is 32.9. The third-order valence-corrected chi connectivity index (χ3v) is 5.24. The summed E-state index contributed by atoms with van der Waals surface area (Å²) in [4.78, 5) is 0. The summed E-state index contributed by atoms with van der Waals surface area (Å²) in [5.74, 6) is -0.719. The van der Waals surface area contributed by atoms with Crippen LogP contribution in [0.2, 0.25) is 0 Å². The summed E-state index contributed by atoms with van der Waals surface area (Å²) < 4.78 is 0. The molecule has 0 N–H and O–H groups in total. The van der Waals surface area contributed by atoms with Crippen LogP contribution in [0.3, 0.4) is 0 Å². The second kappa shape index (κ2) is 6.69. The maximum absolute atomic E-state index is 5.18. The lowest BCUT2D eigenvalue weighted by Crippen LogP contribution is -1.96. The van der Waals surface area contributed by atoms with Gasteiger partial charge in [-0.1, -0.05) is 38.5 Å². The lowest BCUT2D eigenvalue weighted by atomic mass is 10.2. The Bertz CT molecular complexity index is 104. The molecule has 0 aliphatic heterocycles. The summed E-state index contributed by atoms with van der Waals surface area (Å²) in [6.07, 6.45) is 5.13. The molecule has 0 nitrogen and oxygen atoms in total. The van der Waals surface area contributed by atoms with E-state index in [2.05, 4.69) is 26.1 Å². The van der Waals surface area contributed by atoms with Gasteiger partial charge in [-0.2, -0.15) is 0 Å². The summed E-state index contributed by atoms with van der Waals surface area (Å²) in [6.45, 7) is 4.44. The van der Waals surface area contributed by atoms with Crippen molar-refractivity contribution in [3.8, 4) is 0 Å². The predicted molar refractivity (Wildman–Crippen MR) is 58.3 cm³/mol. The van der Waals surface area contributed by atoms with Crippen LogP contribution in [-0.4, -0.2) is 5.66 Å². The van der Waals surface area contributed by atoms with E-state index in [-0.39, 0.29) is 0 Å². The van der Waals surface area contributed by atoms with Gasteiger partial charge in [0.1, 0.15) is 0 Å². The largest absolute Gasteiger partial charge is 0.144 e. The highest BCUT2D eigenvalue weighted by Gasteiger charge is 2.05. The van der Waals surface area contributed by atoms with Gasteiger partial charge in [0, 0.05) is 0 Å². The van der Waals surface area contributed by atoms with Crippen LogP contribution in [0.15, 0.2) is 0 Å². The van der Waals surface area contributed by atoms with Crippen LogP contribution >= 0.6 is 18.1 Å². The molecule has 0 saturated heterocycles. The van der Waals surface area contributed by atoms with Crippen LogP contribution in [0.5, 0.6) is 0 Å². The van der Waals surface area contributed by atoms with E-state index < -0.39 is 5.90 Å². The van der Waals surface area contributed by atoms with Crippen molar-refractivity contribution in [2.45, 2.75) is 45.2 Å². The molecular weight excluding hydrogens is 179 g/mol. The van der Waals surface area contributed by atoms with Crippen molar-refractivity contribution >= 4 is 30.0 Å². The van der Waals surface area contributed by atoms with E-state index in [1.807, 2.05) is 0 Å². The molecule has 3 heteroatoms. The van der Waals surface area contributed by atoms with Gasteiger partial charge < -0.3 is 0 Å². The first-order chi connectivity index (χ1) is 4.72. The van der Waals surface area contributed by atoms with Crippen LogP contribution in [0.1, 0.15) is 39.5 Å². The van der Waals surface area contributed by atoms with Gasteiger partial charge in [-0.05, 0) is 24.4 Å². The minimum absolute atomic E-state index is 0.719. The van der Waals surface area contributed by atoms with Gasteiger partial charge in [-0.15, -0.1) is 12.2 Å². The smallest absolute Gasteiger partial charge is 0.00568 e. The summed E-state index contributed by atoms with van der Waals surface area (Å²) in [7, 11) is 0. The summed E-state index contributed by atoms with van der Waals surface area (Å²) >= 11 is 9.54.